The standard InChI is InChI=1S/C48H76O2S/c1-30(2)12-10-13-31(3)39-18-19-40-38-17-16-35-27-37(21-24-46(35,7)41(38)22-25-47(39,40)8)51-42-28-36(49)26-34(44(42)50)29-48(9)33(5)20-23-45(6)32(4)14-11-15-43(45)48/h14,16,26,28,30-31,33,36-41,43-44,49-50H,10-13,15,17-25,27,29H2,1-9H3/t31-,33+,36?,37+,38+,39-,40+,41+,43-,44?,45-,46+,47-,48-/m1/s1. The van der Waals surface area contributed by atoms with Crippen molar-refractivity contribution in [3.63, 3.8) is 0 Å². The molecule has 0 saturated heterocycles. The predicted octanol–water partition coefficient (Wildman–Crippen LogP) is 12.9. The van der Waals surface area contributed by atoms with Gasteiger partial charge in [-0.05, 0) is 171 Å². The number of aliphatic hydroxyl groups excluding tert-OH is 2. The molecule has 0 aliphatic heterocycles. The summed E-state index contributed by atoms with van der Waals surface area (Å²) in [5, 5.41) is 23.7. The fourth-order valence-corrected chi connectivity index (χ4v) is 16.0. The number of fused-ring (bicyclic) bond motifs is 6. The first-order valence-electron chi connectivity index (χ1n) is 21.9. The van der Waals surface area contributed by atoms with Crippen LogP contribution in [0.4, 0.5) is 0 Å². The van der Waals surface area contributed by atoms with E-state index in [2.05, 4.69) is 74.5 Å². The lowest BCUT2D eigenvalue weighted by Crippen LogP contribution is -2.50. The fraction of sp³-hybridized carbons (Fsp3) is 0.833. The summed E-state index contributed by atoms with van der Waals surface area (Å²) in [6.45, 7) is 22.6. The zero-order valence-corrected chi connectivity index (χ0v) is 35.1. The Kier molecular flexibility index (Phi) is 10.9. The van der Waals surface area contributed by atoms with Crippen LogP contribution in [0.25, 0.3) is 0 Å². The first-order chi connectivity index (χ1) is 24.1. The molecular formula is C48H76O2S. The molecule has 0 aromatic heterocycles. The molecule has 7 aliphatic rings. The summed E-state index contributed by atoms with van der Waals surface area (Å²) in [4.78, 5) is 1.02. The van der Waals surface area contributed by atoms with Crippen molar-refractivity contribution in [2.45, 2.75) is 183 Å². The van der Waals surface area contributed by atoms with E-state index in [0.29, 0.717) is 27.9 Å². The quantitative estimate of drug-likeness (QED) is 0.233. The second kappa shape index (κ2) is 14.4. The molecule has 0 spiro atoms. The maximum Gasteiger partial charge on any atom is 0.106 e. The molecule has 0 amide bonds. The minimum absolute atomic E-state index is 0.124. The minimum atomic E-state index is -0.596. The van der Waals surface area contributed by atoms with Gasteiger partial charge in [-0.25, -0.2) is 0 Å². The molecule has 51 heavy (non-hydrogen) atoms. The molecule has 0 aromatic rings. The smallest absolute Gasteiger partial charge is 0.106 e. The molecule has 14 atom stereocenters. The molecule has 0 radical (unpaired) electrons. The Hall–Kier alpha value is -0.770. The lowest BCUT2D eigenvalue weighted by atomic mass is 9.46. The average Bonchev–Trinajstić information content (AvgIpc) is 3.43. The van der Waals surface area contributed by atoms with Gasteiger partial charge >= 0.3 is 0 Å². The van der Waals surface area contributed by atoms with Crippen LogP contribution in [0.5, 0.6) is 0 Å². The van der Waals surface area contributed by atoms with E-state index < -0.39 is 12.2 Å². The molecular weight excluding hydrogens is 641 g/mol. The number of allylic oxidation sites excluding steroid dienone is 4. The Morgan fingerprint density at radius 1 is 0.843 bits per heavy atom. The van der Waals surface area contributed by atoms with Crippen molar-refractivity contribution < 1.29 is 10.2 Å². The summed E-state index contributed by atoms with van der Waals surface area (Å²) >= 11 is 1.91. The van der Waals surface area contributed by atoms with E-state index in [1.807, 2.05) is 23.9 Å². The summed E-state index contributed by atoms with van der Waals surface area (Å²) in [5.74, 6) is 6.47. The molecule has 4 saturated carbocycles. The molecule has 7 aliphatic carbocycles. The molecule has 0 heterocycles. The molecule has 2 nitrogen and oxygen atoms in total. The van der Waals surface area contributed by atoms with Gasteiger partial charge in [0.25, 0.3) is 0 Å². The molecule has 286 valence electrons. The first kappa shape index (κ1) is 38.5. The summed E-state index contributed by atoms with van der Waals surface area (Å²) < 4.78 is 0. The van der Waals surface area contributed by atoms with Crippen molar-refractivity contribution in [3.8, 4) is 0 Å². The molecule has 4 fully saturated rings. The third kappa shape index (κ3) is 6.68. The Bertz CT molecular complexity index is 1420. The zero-order chi connectivity index (χ0) is 36.5. The highest BCUT2D eigenvalue weighted by molar-refractivity contribution is 8.03. The van der Waals surface area contributed by atoms with Gasteiger partial charge in [-0.15, -0.1) is 11.8 Å². The van der Waals surface area contributed by atoms with Gasteiger partial charge in [0.15, 0.2) is 0 Å². The Morgan fingerprint density at radius 2 is 1.61 bits per heavy atom. The van der Waals surface area contributed by atoms with Crippen LogP contribution in [0, 0.1) is 69.0 Å². The van der Waals surface area contributed by atoms with Crippen molar-refractivity contribution in [1.82, 2.24) is 0 Å². The van der Waals surface area contributed by atoms with Crippen molar-refractivity contribution in [3.05, 3.63) is 45.9 Å². The number of aliphatic hydroxyl groups is 2. The molecule has 3 heteroatoms. The van der Waals surface area contributed by atoms with E-state index >= 15 is 0 Å². The van der Waals surface area contributed by atoms with Crippen LogP contribution in [-0.4, -0.2) is 27.7 Å². The van der Waals surface area contributed by atoms with Crippen LogP contribution in [0.1, 0.15) is 165 Å². The SMILES string of the molecule is CC1=CCC[C@H]2[C@](C)(CC3=CC(O)C=C(S[C@H]4CC[C@@]5(C)C(=CC[C@H]6[C@@H]7CC[C@H]([C@H](C)CCCC(C)C)[C@@]7(C)CC[C@@H]65)C4)C3O)[C@@H](C)CC[C@]12C. The monoisotopic (exact) mass is 717 g/mol. The molecule has 2 unspecified atom stereocenters. The lowest BCUT2D eigenvalue weighted by Gasteiger charge is -2.59. The largest absolute Gasteiger partial charge is 0.385 e. The minimum Gasteiger partial charge on any atom is -0.385 e. The third-order valence-corrected chi connectivity index (χ3v) is 19.4. The van der Waals surface area contributed by atoms with Gasteiger partial charge in [0, 0.05) is 10.2 Å². The topological polar surface area (TPSA) is 40.5 Å². The fourth-order valence-electron chi connectivity index (χ4n) is 14.7. The first-order valence-corrected chi connectivity index (χ1v) is 22.8. The van der Waals surface area contributed by atoms with E-state index in [1.54, 1.807) is 11.1 Å². The average molecular weight is 717 g/mol. The summed E-state index contributed by atoms with van der Waals surface area (Å²) in [5.41, 5.74) is 5.66. The molecule has 2 N–H and O–H groups in total. The van der Waals surface area contributed by atoms with Crippen molar-refractivity contribution in [2.75, 3.05) is 0 Å². The highest BCUT2D eigenvalue weighted by atomic mass is 32.2. The van der Waals surface area contributed by atoms with E-state index in [-0.39, 0.29) is 10.8 Å². The van der Waals surface area contributed by atoms with E-state index in [4.69, 9.17) is 0 Å². The van der Waals surface area contributed by atoms with Gasteiger partial charge in [-0.2, -0.15) is 0 Å². The zero-order valence-electron chi connectivity index (χ0n) is 34.3. The highest BCUT2D eigenvalue weighted by Gasteiger charge is 2.59. The van der Waals surface area contributed by atoms with Gasteiger partial charge in [0.2, 0.25) is 0 Å². The number of hydrogen-bond donors (Lipinski definition) is 2. The van der Waals surface area contributed by atoms with Crippen molar-refractivity contribution in [1.29, 1.82) is 0 Å². The van der Waals surface area contributed by atoms with Crippen LogP contribution in [0.3, 0.4) is 0 Å². The summed E-state index contributed by atoms with van der Waals surface area (Å²) in [6.07, 6.45) is 28.8. The van der Waals surface area contributed by atoms with Crippen molar-refractivity contribution >= 4 is 11.8 Å². The van der Waals surface area contributed by atoms with Crippen molar-refractivity contribution in [2.24, 2.45) is 69.0 Å². The third-order valence-electron chi connectivity index (χ3n) is 18.1. The number of thioether (sulfide) groups is 1. The lowest BCUT2D eigenvalue weighted by molar-refractivity contribution is -0.0497. The van der Waals surface area contributed by atoms with Crippen LogP contribution in [0.2, 0.25) is 0 Å². The molecule has 0 aromatic carbocycles. The van der Waals surface area contributed by atoms with E-state index in [9.17, 15) is 10.2 Å². The van der Waals surface area contributed by atoms with Gasteiger partial charge in [-0.1, -0.05) is 104 Å². The normalized spacial score (nSPS) is 47.3. The van der Waals surface area contributed by atoms with Crippen LogP contribution < -0.4 is 0 Å². The Morgan fingerprint density at radius 3 is 2.37 bits per heavy atom. The second-order valence-electron chi connectivity index (χ2n) is 21.0. The van der Waals surface area contributed by atoms with Crippen LogP contribution >= 0.6 is 11.8 Å². The van der Waals surface area contributed by atoms with Crippen LogP contribution in [-0.2, 0) is 0 Å². The van der Waals surface area contributed by atoms with Gasteiger partial charge in [-0.3, -0.25) is 0 Å². The van der Waals surface area contributed by atoms with Gasteiger partial charge in [0.05, 0.1) is 6.10 Å². The van der Waals surface area contributed by atoms with E-state index in [1.165, 1.54) is 89.9 Å². The summed E-state index contributed by atoms with van der Waals surface area (Å²) in [6, 6.07) is 0. The Balaban J connectivity index is 1.01. The Labute approximate surface area is 318 Å². The maximum atomic E-state index is 12.0. The summed E-state index contributed by atoms with van der Waals surface area (Å²) in [7, 11) is 0. The predicted molar refractivity (Wildman–Crippen MR) is 218 cm³/mol. The van der Waals surface area contributed by atoms with Gasteiger partial charge in [0.1, 0.15) is 6.10 Å². The maximum absolute atomic E-state index is 12.0. The van der Waals surface area contributed by atoms with E-state index in [0.717, 1.165) is 58.8 Å². The number of rotatable bonds is 9. The van der Waals surface area contributed by atoms with Gasteiger partial charge < -0.3 is 10.2 Å². The molecule has 0 bridgehead atoms. The molecule has 7 rings (SSSR count). The van der Waals surface area contributed by atoms with Crippen LogP contribution in [0.15, 0.2) is 45.9 Å². The number of hydrogen-bond acceptors (Lipinski definition) is 3. The highest BCUT2D eigenvalue weighted by Crippen LogP contribution is 2.68. The second-order valence-corrected chi connectivity index (χ2v) is 22.4.